The SMILES string of the molecule is COCOc1cc(OCOC)c(C(C)C)cc1C(=O)NNC(=S)NCCCN1CCOCC1. The zero-order chi connectivity index (χ0) is 24.1. The monoisotopic (exact) mass is 484 g/mol. The molecule has 0 bridgehead atoms. The summed E-state index contributed by atoms with van der Waals surface area (Å²) in [4.78, 5) is 15.3. The third-order valence-corrected chi connectivity index (χ3v) is 5.22. The molecule has 0 radical (unpaired) electrons. The van der Waals surface area contributed by atoms with Gasteiger partial charge in [-0.25, -0.2) is 0 Å². The molecule has 2 rings (SSSR count). The number of methoxy groups -OCH3 is 2. The van der Waals surface area contributed by atoms with E-state index in [1.807, 2.05) is 13.8 Å². The van der Waals surface area contributed by atoms with Crippen molar-refractivity contribution in [3.63, 3.8) is 0 Å². The molecule has 0 aromatic heterocycles. The minimum atomic E-state index is -0.390. The summed E-state index contributed by atoms with van der Waals surface area (Å²) >= 11 is 5.28. The molecular weight excluding hydrogens is 448 g/mol. The van der Waals surface area contributed by atoms with Crippen molar-refractivity contribution in [2.24, 2.45) is 0 Å². The number of thiocarbonyl (C=S) groups is 1. The summed E-state index contributed by atoms with van der Waals surface area (Å²) in [5, 5.41) is 3.44. The van der Waals surface area contributed by atoms with Crippen LogP contribution in [0.1, 0.15) is 42.1 Å². The van der Waals surface area contributed by atoms with E-state index in [0.29, 0.717) is 28.7 Å². The number of amides is 1. The number of ether oxygens (including phenoxy) is 5. The number of carbonyl (C=O) groups is 1. The first-order valence-electron chi connectivity index (χ1n) is 11.0. The van der Waals surface area contributed by atoms with Crippen LogP contribution in [-0.4, -0.2) is 83.1 Å². The van der Waals surface area contributed by atoms with Gasteiger partial charge in [0, 0.05) is 39.9 Å². The van der Waals surface area contributed by atoms with Gasteiger partial charge in [-0.15, -0.1) is 0 Å². The molecule has 3 N–H and O–H groups in total. The molecule has 0 unspecified atom stereocenters. The van der Waals surface area contributed by atoms with E-state index in [4.69, 9.17) is 35.9 Å². The molecule has 0 aliphatic carbocycles. The predicted molar refractivity (Wildman–Crippen MR) is 129 cm³/mol. The van der Waals surface area contributed by atoms with E-state index in [-0.39, 0.29) is 19.5 Å². The zero-order valence-corrected chi connectivity index (χ0v) is 20.7. The van der Waals surface area contributed by atoms with Crippen molar-refractivity contribution in [1.82, 2.24) is 21.1 Å². The number of hydrogen-bond donors (Lipinski definition) is 3. The molecule has 0 atom stereocenters. The van der Waals surface area contributed by atoms with E-state index in [0.717, 1.165) is 44.8 Å². The quantitative estimate of drug-likeness (QED) is 0.175. The minimum Gasteiger partial charge on any atom is -0.467 e. The second-order valence-electron chi connectivity index (χ2n) is 7.79. The Kier molecular flexibility index (Phi) is 12.2. The molecule has 1 fully saturated rings. The van der Waals surface area contributed by atoms with Gasteiger partial charge in [0.1, 0.15) is 11.5 Å². The Labute approximate surface area is 201 Å². The molecule has 1 saturated heterocycles. The average Bonchev–Trinajstić information content (AvgIpc) is 2.82. The highest BCUT2D eigenvalue weighted by Crippen LogP contribution is 2.34. The van der Waals surface area contributed by atoms with Crippen molar-refractivity contribution < 1.29 is 28.5 Å². The van der Waals surface area contributed by atoms with Crippen LogP contribution in [-0.2, 0) is 14.2 Å². The van der Waals surface area contributed by atoms with Crippen LogP contribution in [0.2, 0.25) is 0 Å². The third-order valence-electron chi connectivity index (χ3n) is 4.97. The van der Waals surface area contributed by atoms with Gasteiger partial charge in [-0.05, 0) is 42.7 Å². The molecule has 1 aliphatic rings. The van der Waals surface area contributed by atoms with Crippen molar-refractivity contribution in [1.29, 1.82) is 0 Å². The maximum absolute atomic E-state index is 12.9. The number of hydrazine groups is 1. The molecule has 10 nitrogen and oxygen atoms in total. The van der Waals surface area contributed by atoms with E-state index in [2.05, 4.69) is 21.1 Å². The highest BCUT2D eigenvalue weighted by molar-refractivity contribution is 7.80. The molecule has 0 saturated carbocycles. The van der Waals surface area contributed by atoms with Gasteiger partial charge >= 0.3 is 0 Å². The van der Waals surface area contributed by atoms with Gasteiger partial charge in [0.15, 0.2) is 18.7 Å². The van der Waals surface area contributed by atoms with Crippen molar-refractivity contribution >= 4 is 23.2 Å². The Morgan fingerprint density at radius 2 is 1.76 bits per heavy atom. The number of carbonyl (C=O) groups excluding carboxylic acids is 1. The summed E-state index contributed by atoms with van der Waals surface area (Å²) < 4.78 is 26.6. The molecule has 186 valence electrons. The summed E-state index contributed by atoms with van der Waals surface area (Å²) in [5.41, 5.74) is 6.57. The van der Waals surface area contributed by atoms with E-state index < -0.39 is 5.91 Å². The van der Waals surface area contributed by atoms with E-state index in [1.54, 1.807) is 19.2 Å². The number of nitrogens with zero attached hydrogens (tertiary/aromatic N) is 1. The fourth-order valence-electron chi connectivity index (χ4n) is 3.25. The van der Waals surface area contributed by atoms with Crippen molar-refractivity contribution in [3.8, 4) is 11.5 Å². The fraction of sp³-hybridized carbons (Fsp3) is 0.636. The lowest BCUT2D eigenvalue weighted by molar-refractivity contribution is 0.0376. The smallest absolute Gasteiger partial charge is 0.273 e. The van der Waals surface area contributed by atoms with Gasteiger partial charge in [-0.3, -0.25) is 20.5 Å². The Hall–Kier alpha value is -2.18. The maximum atomic E-state index is 12.9. The van der Waals surface area contributed by atoms with Crippen LogP contribution in [0.4, 0.5) is 0 Å². The second kappa shape index (κ2) is 14.9. The first kappa shape index (κ1) is 27.1. The average molecular weight is 485 g/mol. The number of rotatable bonds is 12. The van der Waals surface area contributed by atoms with E-state index in [1.165, 1.54) is 7.11 Å². The van der Waals surface area contributed by atoms with E-state index in [9.17, 15) is 4.79 Å². The van der Waals surface area contributed by atoms with Gasteiger partial charge in [-0.1, -0.05) is 13.8 Å². The van der Waals surface area contributed by atoms with Crippen molar-refractivity contribution in [2.45, 2.75) is 26.2 Å². The molecule has 11 heteroatoms. The van der Waals surface area contributed by atoms with Crippen LogP contribution in [0.15, 0.2) is 12.1 Å². The summed E-state index contributed by atoms with van der Waals surface area (Å²) in [6.45, 7) is 9.26. The topological polar surface area (TPSA) is 103 Å². The van der Waals surface area contributed by atoms with E-state index >= 15 is 0 Å². The Morgan fingerprint density at radius 1 is 1.09 bits per heavy atom. The van der Waals surface area contributed by atoms with Gasteiger partial charge in [0.05, 0.1) is 18.8 Å². The predicted octanol–water partition coefficient (Wildman–Crippen LogP) is 1.61. The molecule has 33 heavy (non-hydrogen) atoms. The number of nitrogens with one attached hydrogen (secondary N) is 3. The van der Waals surface area contributed by atoms with Crippen LogP contribution in [0.3, 0.4) is 0 Å². The molecule has 1 aromatic carbocycles. The van der Waals surface area contributed by atoms with Crippen molar-refractivity contribution in [2.75, 3.05) is 67.2 Å². The van der Waals surface area contributed by atoms with Gasteiger partial charge < -0.3 is 29.0 Å². The Morgan fingerprint density at radius 3 is 2.39 bits per heavy atom. The summed E-state index contributed by atoms with van der Waals surface area (Å²) in [6, 6.07) is 3.42. The first-order valence-corrected chi connectivity index (χ1v) is 11.4. The molecule has 1 amide bonds. The van der Waals surface area contributed by atoms with Gasteiger partial charge in [-0.2, -0.15) is 0 Å². The summed E-state index contributed by atoms with van der Waals surface area (Å²) in [6.07, 6.45) is 0.936. The molecule has 1 aliphatic heterocycles. The highest BCUT2D eigenvalue weighted by atomic mass is 32.1. The lowest BCUT2D eigenvalue weighted by Crippen LogP contribution is -2.47. The lowest BCUT2D eigenvalue weighted by atomic mass is 9.98. The third kappa shape index (κ3) is 9.30. The highest BCUT2D eigenvalue weighted by Gasteiger charge is 2.20. The van der Waals surface area contributed by atoms with Crippen LogP contribution in [0, 0.1) is 0 Å². The summed E-state index contributed by atoms with van der Waals surface area (Å²) in [7, 11) is 3.06. The van der Waals surface area contributed by atoms with Crippen molar-refractivity contribution in [3.05, 3.63) is 23.3 Å². The first-order chi connectivity index (χ1) is 16.0. The normalized spacial score (nSPS) is 14.1. The minimum absolute atomic E-state index is 0.0123. The van der Waals surface area contributed by atoms with Crippen LogP contribution in [0.25, 0.3) is 0 Å². The van der Waals surface area contributed by atoms with Crippen LogP contribution >= 0.6 is 12.2 Å². The zero-order valence-electron chi connectivity index (χ0n) is 19.9. The summed E-state index contributed by atoms with van der Waals surface area (Å²) in [5.74, 6) is 0.636. The number of hydrogen-bond acceptors (Lipinski definition) is 8. The Bertz CT molecular complexity index is 759. The van der Waals surface area contributed by atoms with Gasteiger partial charge in [0.25, 0.3) is 5.91 Å². The standard InChI is InChI=1S/C22H36N4O6S/c1-16(2)17-12-18(20(32-15-29-4)13-19(17)31-14-28-3)21(27)24-25-22(33)23-6-5-7-26-8-10-30-11-9-26/h12-13,16H,5-11,14-15H2,1-4H3,(H,24,27)(H2,23,25,33). The van der Waals surface area contributed by atoms with Gasteiger partial charge in [0.2, 0.25) is 0 Å². The van der Waals surface area contributed by atoms with Crippen LogP contribution in [0.5, 0.6) is 11.5 Å². The second-order valence-corrected chi connectivity index (χ2v) is 8.19. The molecule has 1 heterocycles. The largest absolute Gasteiger partial charge is 0.467 e. The molecular formula is C22H36N4O6S. The molecule has 1 aromatic rings. The van der Waals surface area contributed by atoms with Crippen LogP contribution < -0.4 is 25.6 Å². The Balaban J connectivity index is 1.93. The fourth-order valence-corrected chi connectivity index (χ4v) is 3.40. The molecule has 0 spiro atoms. The number of benzene rings is 1. The lowest BCUT2D eigenvalue weighted by Gasteiger charge is -2.26. The maximum Gasteiger partial charge on any atom is 0.273 e. The number of morpholine rings is 1.